The van der Waals surface area contributed by atoms with Gasteiger partial charge in [0.05, 0.1) is 11.8 Å². The Morgan fingerprint density at radius 2 is 1.71 bits per heavy atom. The number of ether oxygens (including phenoxy) is 1. The average Bonchev–Trinajstić information content (AvgIpc) is 2.84. The predicted molar refractivity (Wildman–Crippen MR) is 114 cm³/mol. The van der Waals surface area contributed by atoms with E-state index in [2.05, 4.69) is 29.2 Å². The molecule has 1 aromatic heterocycles. The number of rotatable bonds is 5. The van der Waals surface area contributed by atoms with Crippen LogP contribution in [0.25, 0.3) is 0 Å². The molecule has 7 heteroatoms. The summed E-state index contributed by atoms with van der Waals surface area (Å²) in [6, 6.07) is 15.8. The van der Waals surface area contributed by atoms with E-state index in [4.69, 9.17) is 4.74 Å². The molecule has 3 unspecified atom stereocenters. The molecule has 1 aliphatic heterocycles. The van der Waals surface area contributed by atoms with Crippen molar-refractivity contribution < 1.29 is 19.5 Å². The van der Waals surface area contributed by atoms with Crippen LogP contribution in [0.5, 0.6) is 5.88 Å². The van der Waals surface area contributed by atoms with E-state index in [-0.39, 0.29) is 12.0 Å². The first kappa shape index (κ1) is 21.3. The first-order chi connectivity index (χ1) is 15.2. The van der Waals surface area contributed by atoms with E-state index in [1.165, 1.54) is 5.56 Å². The Balaban J connectivity index is 1.38. The highest BCUT2D eigenvalue weighted by atomic mass is 16.5. The van der Waals surface area contributed by atoms with Crippen LogP contribution in [0.3, 0.4) is 0 Å². The van der Waals surface area contributed by atoms with Crippen LogP contribution in [-0.2, 0) is 9.59 Å². The summed E-state index contributed by atoms with van der Waals surface area (Å²) in [6.45, 7) is 1.38. The maximum Gasteiger partial charge on any atom is 0.247 e. The maximum atomic E-state index is 13.3. The standard InChI is InChI=1S/C24H29N3O4/c28-23(26-30)21-16-19(31-22-8-4-5-13-25-22)9-10-20(21)24(29)27-14-11-18(12-15-27)17-6-2-1-3-7-17/h1-8,13,18-21,30H,9-12,14-16H2,(H,26,28). The van der Waals surface area contributed by atoms with Gasteiger partial charge in [-0.2, -0.15) is 0 Å². The second kappa shape index (κ2) is 9.92. The largest absolute Gasteiger partial charge is 0.474 e. The summed E-state index contributed by atoms with van der Waals surface area (Å²) in [6.07, 6.45) is 4.87. The number of aromatic nitrogens is 1. The number of piperidine rings is 1. The van der Waals surface area contributed by atoms with Crippen LogP contribution < -0.4 is 10.2 Å². The lowest BCUT2D eigenvalue weighted by molar-refractivity contribution is -0.149. The molecule has 1 saturated carbocycles. The van der Waals surface area contributed by atoms with Gasteiger partial charge in [0.15, 0.2) is 0 Å². The number of carbonyl (C=O) groups excluding carboxylic acids is 2. The van der Waals surface area contributed by atoms with Crippen LogP contribution in [0.2, 0.25) is 0 Å². The second-order valence-electron chi connectivity index (χ2n) is 8.42. The van der Waals surface area contributed by atoms with E-state index in [0.29, 0.717) is 44.1 Å². The van der Waals surface area contributed by atoms with E-state index in [0.717, 1.165) is 12.8 Å². The Labute approximate surface area is 182 Å². The topological polar surface area (TPSA) is 91.8 Å². The van der Waals surface area contributed by atoms with Crippen LogP contribution in [0.15, 0.2) is 54.7 Å². The third-order valence-electron chi connectivity index (χ3n) is 6.57. The zero-order valence-corrected chi connectivity index (χ0v) is 17.5. The van der Waals surface area contributed by atoms with Crippen molar-refractivity contribution in [3.05, 3.63) is 60.3 Å². The monoisotopic (exact) mass is 423 g/mol. The summed E-state index contributed by atoms with van der Waals surface area (Å²) < 4.78 is 5.92. The van der Waals surface area contributed by atoms with Gasteiger partial charge in [-0.1, -0.05) is 36.4 Å². The fraction of sp³-hybridized carbons (Fsp3) is 0.458. The number of amides is 2. The zero-order chi connectivity index (χ0) is 21.6. The van der Waals surface area contributed by atoms with Crippen molar-refractivity contribution in [2.45, 2.75) is 44.1 Å². The molecule has 31 heavy (non-hydrogen) atoms. The molecule has 7 nitrogen and oxygen atoms in total. The van der Waals surface area contributed by atoms with Crippen LogP contribution in [-0.4, -0.2) is 46.1 Å². The normalized spacial score (nSPS) is 24.4. The number of likely N-dealkylation sites (tertiary alicyclic amines) is 1. The van der Waals surface area contributed by atoms with Gasteiger partial charge in [-0.25, -0.2) is 10.5 Å². The summed E-state index contributed by atoms with van der Waals surface area (Å²) in [5, 5.41) is 9.26. The van der Waals surface area contributed by atoms with E-state index >= 15 is 0 Å². The minimum atomic E-state index is -0.619. The molecule has 3 atom stereocenters. The van der Waals surface area contributed by atoms with E-state index in [1.807, 2.05) is 23.1 Å². The number of hydrogen-bond acceptors (Lipinski definition) is 5. The van der Waals surface area contributed by atoms with Gasteiger partial charge in [-0.15, -0.1) is 0 Å². The summed E-state index contributed by atoms with van der Waals surface area (Å²) in [7, 11) is 0. The van der Waals surface area contributed by atoms with Gasteiger partial charge in [0.2, 0.25) is 17.7 Å². The van der Waals surface area contributed by atoms with Gasteiger partial charge in [0, 0.05) is 25.4 Å². The summed E-state index contributed by atoms with van der Waals surface area (Å²) in [5.74, 6) is -0.605. The van der Waals surface area contributed by atoms with Crippen LogP contribution >= 0.6 is 0 Å². The summed E-state index contributed by atoms with van der Waals surface area (Å²) in [4.78, 5) is 31.8. The van der Waals surface area contributed by atoms with Crippen LogP contribution in [0, 0.1) is 11.8 Å². The quantitative estimate of drug-likeness (QED) is 0.569. The molecule has 164 valence electrons. The van der Waals surface area contributed by atoms with E-state index in [9.17, 15) is 14.8 Å². The number of carbonyl (C=O) groups is 2. The number of pyridine rings is 1. The van der Waals surface area contributed by atoms with Gasteiger partial charge >= 0.3 is 0 Å². The second-order valence-corrected chi connectivity index (χ2v) is 8.42. The highest BCUT2D eigenvalue weighted by Crippen LogP contribution is 2.35. The Morgan fingerprint density at radius 3 is 2.39 bits per heavy atom. The molecule has 4 rings (SSSR count). The molecule has 0 spiro atoms. The lowest BCUT2D eigenvalue weighted by Crippen LogP contribution is -2.49. The molecule has 1 saturated heterocycles. The van der Waals surface area contributed by atoms with Crippen molar-refractivity contribution in [2.75, 3.05) is 13.1 Å². The fourth-order valence-electron chi connectivity index (χ4n) is 4.89. The van der Waals surface area contributed by atoms with Gasteiger partial charge < -0.3 is 9.64 Å². The SMILES string of the molecule is O=C(NO)C1CC(Oc2ccccn2)CCC1C(=O)N1CCC(c2ccccc2)CC1. The minimum Gasteiger partial charge on any atom is -0.474 e. The van der Waals surface area contributed by atoms with Gasteiger partial charge in [0.1, 0.15) is 6.10 Å². The van der Waals surface area contributed by atoms with Crippen molar-refractivity contribution in [3.8, 4) is 5.88 Å². The molecule has 2 amide bonds. The van der Waals surface area contributed by atoms with Gasteiger partial charge in [0.25, 0.3) is 0 Å². The smallest absolute Gasteiger partial charge is 0.247 e. The molecule has 1 aromatic carbocycles. The average molecular weight is 424 g/mol. The number of nitrogens with zero attached hydrogens (tertiary/aromatic N) is 2. The lowest BCUT2D eigenvalue weighted by Gasteiger charge is -2.39. The number of benzene rings is 1. The van der Waals surface area contributed by atoms with E-state index < -0.39 is 17.7 Å². The summed E-state index contributed by atoms with van der Waals surface area (Å²) in [5.41, 5.74) is 3.07. The van der Waals surface area contributed by atoms with Crippen LogP contribution in [0.1, 0.15) is 43.6 Å². The highest BCUT2D eigenvalue weighted by molar-refractivity contribution is 5.87. The molecule has 0 bridgehead atoms. The molecular weight excluding hydrogens is 394 g/mol. The number of hydrogen-bond donors (Lipinski definition) is 2. The minimum absolute atomic E-state index is 0.0106. The van der Waals surface area contributed by atoms with Crippen LogP contribution in [0.4, 0.5) is 0 Å². The summed E-state index contributed by atoms with van der Waals surface area (Å²) >= 11 is 0. The molecule has 2 fully saturated rings. The third kappa shape index (κ3) is 5.05. The first-order valence-electron chi connectivity index (χ1n) is 11.0. The van der Waals surface area contributed by atoms with Gasteiger partial charge in [-0.05, 0) is 49.7 Å². The molecule has 2 aliphatic rings. The van der Waals surface area contributed by atoms with Crippen molar-refractivity contribution in [3.63, 3.8) is 0 Å². The Morgan fingerprint density at radius 1 is 0.968 bits per heavy atom. The van der Waals surface area contributed by atoms with Crippen molar-refractivity contribution in [2.24, 2.45) is 11.8 Å². The Hall–Kier alpha value is -2.93. The Kier molecular flexibility index (Phi) is 6.82. The predicted octanol–water partition coefficient (Wildman–Crippen LogP) is 3.16. The first-order valence-corrected chi connectivity index (χ1v) is 11.0. The van der Waals surface area contributed by atoms with Crippen molar-refractivity contribution >= 4 is 11.8 Å². The number of hydroxylamine groups is 1. The van der Waals surface area contributed by atoms with Gasteiger partial charge in [-0.3, -0.25) is 14.8 Å². The van der Waals surface area contributed by atoms with E-state index in [1.54, 1.807) is 17.7 Å². The number of nitrogens with one attached hydrogen (secondary N) is 1. The zero-order valence-electron chi connectivity index (χ0n) is 17.5. The maximum absolute atomic E-state index is 13.3. The molecular formula is C24H29N3O4. The molecule has 1 aliphatic carbocycles. The lowest BCUT2D eigenvalue weighted by atomic mass is 9.76. The molecule has 2 N–H and O–H groups in total. The molecule has 2 aromatic rings. The van der Waals surface area contributed by atoms with Crippen molar-refractivity contribution in [1.82, 2.24) is 15.4 Å². The molecule has 2 heterocycles. The fourth-order valence-corrected chi connectivity index (χ4v) is 4.89. The highest BCUT2D eigenvalue weighted by Gasteiger charge is 2.42. The van der Waals surface area contributed by atoms with Crippen molar-refractivity contribution in [1.29, 1.82) is 0 Å². The Bertz CT molecular complexity index is 869. The molecule has 0 radical (unpaired) electrons. The third-order valence-corrected chi connectivity index (χ3v) is 6.57.